The van der Waals surface area contributed by atoms with E-state index in [2.05, 4.69) is 9.68 Å². The first-order chi connectivity index (χ1) is 6.11. The molecule has 1 aromatic heterocycles. The smallest absolute Gasteiger partial charge is 0.292 e. The van der Waals surface area contributed by atoms with E-state index >= 15 is 0 Å². The van der Waals surface area contributed by atoms with Crippen molar-refractivity contribution in [3.8, 4) is 0 Å². The molecular formula is C8H12N2O3. The normalized spacial score (nSPS) is 12.5. The predicted octanol–water partition coefficient (Wildman–Crippen LogP) is 0.127. The van der Waals surface area contributed by atoms with Crippen LogP contribution in [0.15, 0.2) is 16.8 Å². The average Bonchev–Trinajstić information content (AvgIpc) is 2.53. The number of hydrogen-bond acceptors (Lipinski definition) is 4. The molecule has 5 nitrogen and oxygen atoms in total. The Balaban J connectivity index is 2.58. The molecule has 0 saturated carbocycles. The fraction of sp³-hybridized carbons (Fsp3) is 0.500. The third kappa shape index (κ3) is 2.55. The van der Waals surface area contributed by atoms with Crippen LogP contribution in [0.25, 0.3) is 0 Å². The Kier molecular flexibility index (Phi) is 3.02. The van der Waals surface area contributed by atoms with Gasteiger partial charge in [0, 0.05) is 19.7 Å². The monoisotopic (exact) mass is 184 g/mol. The van der Waals surface area contributed by atoms with Gasteiger partial charge in [-0.2, -0.15) is 0 Å². The third-order valence-corrected chi connectivity index (χ3v) is 1.53. The van der Waals surface area contributed by atoms with Crippen LogP contribution in [0.3, 0.4) is 0 Å². The summed E-state index contributed by atoms with van der Waals surface area (Å²) in [6, 6.07) is 1.49. The summed E-state index contributed by atoms with van der Waals surface area (Å²) in [5, 5.41) is 12.4. The molecule has 1 atom stereocenters. The van der Waals surface area contributed by atoms with Crippen molar-refractivity contribution in [3.63, 3.8) is 0 Å². The fourth-order valence-electron chi connectivity index (χ4n) is 0.993. The van der Waals surface area contributed by atoms with E-state index in [-0.39, 0.29) is 18.2 Å². The number of carbonyl (C=O) groups is 1. The summed E-state index contributed by atoms with van der Waals surface area (Å²) < 4.78 is 4.68. The quantitative estimate of drug-likeness (QED) is 0.725. The summed E-state index contributed by atoms with van der Waals surface area (Å²) in [5.74, 6) is -0.0958. The molecule has 0 bridgehead atoms. The highest BCUT2D eigenvalue weighted by atomic mass is 16.5. The van der Waals surface area contributed by atoms with Crippen molar-refractivity contribution in [2.24, 2.45) is 0 Å². The molecule has 1 heterocycles. The van der Waals surface area contributed by atoms with E-state index in [1.54, 1.807) is 14.0 Å². The highest BCUT2D eigenvalue weighted by molar-refractivity contribution is 5.91. The Bertz CT molecular complexity index is 269. The Hall–Kier alpha value is -1.36. The van der Waals surface area contributed by atoms with Gasteiger partial charge in [-0.1, -0.05) is 5.16 Å². The fourth-order valence-corrected chi connectivity index (χ4v) is 0.993. The molecule has 0 saturated heterocycles. The number of amides is 1. The van der Waals surface area contributed by atoms with Crippen LogP contribution in [0, 0.1) is 0 Å². The van der Waals surface area contributed by atoms with Gasteiger partial charge in [0.2, 0.25) is 5.76 Å². The lowest BCUT2D eigenvalue weighted by molar-refractivity contribution is 0.0664. The second-order valence-electron chi connectivity index (χ2n) is 2.91. The van der Waals surface area contributed by atoms with Gasteiger partial charge in [-0.05, 0) is 6.92 Å². The second-order valence-corrected chi connectivity index (χ2v) is 2.91. The molecule has 0 aliphatic heterocycles. The molecule has 5 heteroatoms. The minimum atomic E-state index is -0.545. The van der Waals surface area contributed by atoms with E-state index in [1.807, 2.05) is 0 Å². The first kappa shape index (κ1) is 9.73. The number of aliphatic hydroxyl groups excluding tert-OH is 1. The van der Waals surface area contributed by atoms with Gasteiger partial charge in [0.15, 0.2) is 0 Å². The van der Waals surface area contributed by atoms with E-state index in [4.69, 9.17) is 5.11 Å². The number of hydrogen-bond donors (Lipinski definition) is 1. The van der Waals surface area contributed by atoms with Crippen molar-refractivity contribution < 1.29 is 14.4 Å². The molecule has 0 aliphatic carbocycles. The van der Waals surface area contributed by atoms with E-state index in [9.17, 15) is 4.79 Å². The Morgan fingerprint density at radius 2 is 2.54 bits per heavy atom. The lowest BCUT2D eigenvalue weighted by Crippen LogP contribution is -2.32. The summed E-state index contributed by atoms with van der Waals surface area (Å²) >= 11 is 0. The summed E-state index contributed by atoms with van der Waals surface area (Å²) in [5.41, 5.74) is 0. The van der Waals surface area contributed by atoms with Crippen LogP contribution in [-0.4, -0.2) is 40.8 Å². The zero-order valence-corrected chi connectivity index (χ0v) is 7.60. The molecule has 0 aliphatic rings. The van der Waals surface area contributed by atoms with E-state index < -0.39 is 6.10 Å². The molecule has 1 rings (SSSR count). The highest BCUT2D eigenvalue weighted by Crippen LogP contribution is 2.02. The molecule has 0 fully saturated rings. The number of nitrogens with zero attached hydrogens (tertiary/aromatic N) is 2. The maximum Gasteiger partial charge on any atom is 0.292 e. The maximum absolute atomic E-state index is 11.4. The Labute approximate surface area is 75.9 Å². The molecular weight excluding hydrogens is 172 g/mol. The van der Waals surface area contributed by atoms with E-state index in [1.165, 1.54) is 17.2 Å². The average molecular weight is 184 g/mol. The number of likely N-dealkylation sites (N-methyl/N-ethyl adjacent to an activating group) is 1. The van der Waals surface area contributed by atoms with Crippen LogP contribution >= 0.6 is 0 Å². The van der Waals surface area contributed by atoms with Gasteiger partial charge >= 0.3 is 0 Å². The zero-order chi connectivity index (χ0) is 9.84. The van der Waals surface area contributed by atoms with Gasteiger partial charge < -0.3 is 14.5 Å². The third-order valence-electron chi connectivity index (χ3n) is 1.53. The molecule has 0 radical (unpaired) electrons. The predicted molar refractivity (Wildman–Crippen MR) is 45.1 cm³/mol. The molecule has 1 unspecified atom stereocenters. The molecule has 0 aromatic carbocycles. The van der Waals surface area contributed by atoms with Gasteiger partial charge in [0.05, 0.1) is 12.3 Å². The van der Waals surface area contributed by atoms with Crippen LogP contribution in [0.1, 0.15) is 17.5 Å². The summed E-state index contributed by atoms with van der Waals surface area (Å²) in [6.07, 6.45) is 0.862. The lowest BCUT2D eigenvalue weighted by Gasteiger charge is -2.16. The van der Waals surface area contributed by atoms with Crippen molar-refractivity contribution in [1.82, 2.24) is 10.1 Å². The first-order valence-corrected chi connectivity index (χ1v) is 3.95. The van der Waals surface area contributed by atoms with Crippen LogP contribution in [0.4, 0.5) is 0 Å². The van der Waals surface area contributed by atoms with E-state index in [0.29, 0.717) is 0 Å². The van der Waals surface area contributed by atoms with Gasteiger partial charge in [-0.15, -0.1) is 0 Å². The maximum atomic E-state index is 11.4. The van der Waals surface area contributed by atoms with Crippen molar-refractivity contribution >= 4 is 5.91 Å². The molecule has 1 N–H and O–H groups in total. The number of rotatable bonds is 3. The highest BCUT2D eigenvalue weighted by Gasteiger charge is 2.16. The second kappa shape index (κ2) is 4.04. The minimum Gasteiger partial charge on any atom is -0.392 e. The van der Waals surface area contributed by atoms with Gasteiger partial charge in [-0.3, -0.25) is 4.79 Å². The molecule has 1 amide bonds. The SMILES string of the molecule is CC(O)CN(C)C(=O)c1ccno1. The Morgan fingerprint density at radius 3 is 3.00 bits per heavy atom. The summed E-state index contributed by atoms with van der Waals surface area (Å²) in [7, 11) is 1.59. The minimum absolute atomic E-state index is 0.183. The van der Waals surface area contributed by atoms with Gasteiger partial charge in [0.1, 0.15) is 0 Å². The van der Waals surface area contributed by atoms with Crippen LogP contribution in [-0.2, 0) is 0 Å². The van der Waals surface area contributed by atoms with Crippen molar-refractivity contribution in [3.05, 3.63) is 18.0 Å². The standard InChI is InChI=1S/C8H12N2O3/c1-6(11)5-10(2)8(12)7-3-4-9-13-7/h3-4,6,11H,5H2,1-2H3. The molecule has 13 heavy (non-hydrogen) atoms. The number of aliphatic hydroxyl groups is 1. The molecule has 72 valence electrons. The zero-order valence-electron chi connectivity index (χ0n) is 7.60. The molecule has 1 aromatic rings. The van der Waals surface area contributed by atoms with Gasteiger partial charge in [-0.25, -0.2) is 0 Å². The van der Waals surface area contributed by atoms with Crippen LogP contribution in [0.5, 0.6) is 0 Å². The summed E-state index contributed by atoms with van der Waals surface area (Å²) in [6.45, 7) is 1.89. The topological polar surface area (TPSA) is 66.6 Å². The number of aromatic nitrogens is 1. The van der Waals surface area contributed by atoms with Crippen molar-refractivity contribution in [2.75, 3.05) is 13.6 Å². The van der Waals surface area contributed by atoms with Crippen LogP contribution in [0.2, 0.25) is 0 Å². The largest absolute Gasteiger partial charge is 0.392 e. The van der Waals surface area contributed by atoms with Gasteiger partial charge in [0.25, 0.3) is 5.91 Å². The lowest BCUT2D eigenvalue weighted by atomic mass is 10.3. The van der Waals surface area contributed by atoms with Crippen LogP contribution < -0.4 is 0 Å². The Morgan fingerprint density at radius 1 is 1.85 bits per heavy atom. The number of carbonyl (C=O) groups excluding carboxylic acids is 1. The summed E-state index contributed by atoms with van der Waals surface area (Å²) in [4.78, 5) is 12.8. The first-order valence-electron chi connectivity index (χ1n) is 3.95. The van der Waals surface area contributed by atoms with Crippen molar-refractivity contribution in [2.45, 2.75) is 13.0 Å². The van der Waals surface area contributed by atoms with Crippen molar-refractivity contribution in [1.29, 1.82) is 0 Å². The molecule has 0 spiro atoms. The van der Waals surface area contributed by atoms with E-state index in [0.717, 1.165) is 0 Å².